The maximum Gasteiger partial charge on any atom is 0.189 e. The maximum atomic E-state index is 14.4. The molecule has 0 amide bonds. The highest BCUT2D eigenvalue weighted by Gasteiger charge is 2.35. The molecule has 4 aromatic carbocycles. The molecule has 1 heterocycles. The molecular weight excluding hydrogens is 452 g/mol. The molecular formula is C30H28N2O2S. The molecule has 0 spiro atoms. The molecule has 0 saturated carbocycles. The molecule has 5 rings (SSSR count). The number of benzene rings is 4. The lowest BCUT2D eigenvalue weighted by Crippen LogP contribution is -2.16. The minimum Gasteiger partial charge on any atom is -0.378 e. The molecule has 176 valence electrons. The average molecular weight is 481 g/mol. The first-order chi connectivity index (χ1) is 16.9. The van der Waals surface area contributed by atoms with E-state index in [-0.39, 0.29) is 0 Å². The van der Waals surface area contributed by atoms with Crippen LogP contribution in [0.25, 0.3) is 22.2 Å². The number of hydrogen-bond acceptors (Lipinski definition) is 3. The van der Waals surface area contributed by atoms with Gasteiger partial charge in [-0.3, -0.25) is 0 Å². The maximum absolute atomic E-state index is 14.4. The summed E-state index contributed by atoms with van der Waals surface area (Å²) in [4.78, 5) is 5.84. The Hall–Kier alpha value is -3.83. The normalized spacial score (nSPS) is 12.5. The molecule has 5 aromatic rings. The van der Waals surface area contributed by atoms with Crippen molar-refractivity contribution in [1.82, 2.24) is 4.98 Å². The Kier molecular flexibility index (Phi) is 5.95. The zero-order valence-corrected chi connectivity index (χ0v) is 20.9. The highest BCUT2D eigenvalue weighted by Crippen LogP contribution is 2.44. The summed E-state index contributed by atoms with van der Waals surface area (Å²) in [6, 6.07) is 32.8. The minimum absolute atomic E-state index is 0.314. The summed E-state index contributed by atoms with van der Waals surface area (Å²) in [5, 5.41) is 0.0245. The fourth-order valence-electron chi connectivity index (χ4n) is 4.58. The monoisotopic (exact) mass is 480 g/mol. The van der Waals surface area contributed by atoms with Crippen LogP contribution in [-0.2, 0) is 9.84 Å². The fourth-order valence-corrected chi connectivity index (χ4v) is 6.44. The lowest BCUT2D eigenvalue weighted by molar-refractivity contribution is 0.589. The van der Waals surface area contributed by atoms with E-state index < -0.39 is 15.1 Å². The quantitative estimate of drug-likeness (QED) is 0.292. The van der Waals surface area contributed by atoms with Gasteiger partial charge in [-0.2, -0.15) is 0 Å². The van der Waals surface area contributed by atoms with E-state index in [1.807, 2.05) is 117 Å². The van der Waals surface area contributed by atoms with Gasteiger partial charge in [0, 0.05) is 36.2 Å². The van der Waals surface area contributed by atoms with E-state index >= 15 is 0 Å². The van der Waals surface area contributed by atoms with Crippen LogP contribution < -0.4 is 4.90 Å². The predicted octanol–water partition coefficient (Wildman–Crippen LogP) is 6.77. The van der Waals surface area contributed by atoms with Gasteiger partial charge in [0.25, 0.3) is 0 Å². The van der Waals surface area contributed by atoms with E-state index in [1.165, 1.54) is 0 Å². The van der Waals surface area contributed by atoms with Gasteiger partial charge in [-0.15, -0.1) is 0 Å². The Bertz CT molecular complexity index is 1570. The number of para-hydroxylation sites is 1. The Morgan fingerprint density at radius 3 is 2.03 bits per heavy atom. The smallest absolute Gasteiger partial charge is 0.189 e. The van der Waals surface area contributed by atoms with Crippen molar-refractivity contribution in [1.29, 1.82) is 0 Å². The van der Waals surface area contributed by atoms with Gasteiger partial charge < -0.3 is 9.88 Å². The summed E-state index contributed by atoms with van der Waals surface area (Å²) in [6.45, 7) is 1.96. The molecule has 1 unspecified atom stereocenters. The van der Waals surface area contributed by atoms with E-state index in [1.54, 1.807) is 12.1 Å². The van der Waals surface area contributed by atoms with Crippen molar-refractivity contribution in [3.8, 4) is 11.3 Å². The highest BCUT2D eigenvalue weighted by molar-refractivity contribution is 7.92. The van der Waals surface area contributed by atoms with Gasteiger partial charge in [0.1, 0.15) is 5.25 Å². The summed E-state index contributed by atoms with van der Waals surface area (Å²) in [5.41, 5.74) is 6.23. The van der Waals surface area contributed by atoms with Gasteiger partial charge in [0.2, 0.25) is 0 Å². The number of fused-ring (bicyclic) bond motifs is 1. The van der Waals surface area contributed by atoms with E-state index in [0.29, 0.717) is 4.90 Å². The zero-order valence-electron chi connectivity index (χ0n) is 20.1. The summed E-state index contributed by atoms with van der Waals surface area (Å²) in [7, 11) is 0.167. The van der Waals surface area contributed by atoms with Crippen molar-refractivity contribution in [2.45, 2.75) is 17.1 Å². The number of aromatic nitrogens is 1. The first kappa shape index (κ1) is 22.9. The summed E-state index contributed by atoms with van der Waals surface area (Å²) in [6.07, 6.45) is 0. The van der Waals surface area contributed by atoms with Crippen LogP contribution in [0.1, 0.15) is 21.9 Å². The number of nitrogens with zero attached hydrogens (tertiary/aromatic N) is 1. The predicted molar refractivity (Wildman–Crippen MR) is 145 cm³/mol. The molecule has 0 bridgehead atoms. The number of sulfone groups is 1. The van der Waals surface area contributed by atoms with Crippen molar-refractivity contribution in [3.63, 3.8) is 0 Å². The molecule has 0 aliphatic heterocycles. The number of aromatic amines is 1. The molecule has 0 aliphatic carbocycles. The van der Waals surface area contributed by atoms with Crippen LogP contribution in [0.3, 0.4) is 0 Å². The van der Waals surface area contributed by atoms with Crippen molar-refractivity contribution in [2.24, 2.45) is 0 Å². The van der Waals surface area contributed by atoms with Crippen LogP contribution >= 0.6 is 0 Å². The SMILES string of the molecule is Cc1ccc(S(=O)(=O)C(c2ccc(N(C)C)cc2)c2c(-c3ccccc3)[nH]c3ccccc23)cc1. The molecule has 0 saturated heterocycles. The Labute approximate surface area is 206 Å². The van der Waals surface area contributed by atoms with Crippen LogP contribution in [0.2, 0.25) is 0 Å². The molecule has 4 nitrogen and oxygen atoms in total. The number of hydrogen-bond donors (Lipinski definition) is 1. The third-order valence-corrected chi connectivity index (χ3v) is 8.50. The fraction of sp³-hybridized carbons (Fsp3) is 0.133. The Balaban J connectivity index is 1.82. The number of aryl methyl sites for hydroxylation is 1. The molecule has 35 heavy (non-hydrogen) atoms. The van der Waals surface area contributed by atoms with Crippen LogP contribution in [0.5, 0.6) is 0 Å². The number of nitrogens with one attached hydrogen (secondary N) is 1. The number of H-pyrrole nitrogens is 1. The van der Waals surface area contributed by atoms with Crippen molar-refractivity contribution in [3.05, 3.63) is 120 Å². The Morgan fingerprint density at radius 1 is 0.743 bits per heavy atom. The largest absolute Gasteiger partial charge is 0.378 e. The lowest BCUT2D eigenvalue weighted by atomic mass is 9.97. The van der Waals surface area contributed by atoms with E-state index in [2.05, 4.69) is 4.98 Å². The molecule has 5 heteroatoms. The molecule has 0 radical (unpaired) electrons. The van der Waals surface area contributed by atoms with E-state index in [9.17, 15) is 8.42 Å². The van der Waals surface area contributed by atoms with E-state index in [0.717, 1.165) is 44.5 Å². The highest BCUT2D eigenvalue weighted by atomic mass is 32.2. The van der Waals surface area contributed by atoms with Gasteiger partial charge >= 0.3 is 0 Å². The molecule has 1 N–H and O–H groups in total. The second-order valence-electron chi connectivity index (χ2n) is 9.05. The Morgan fingerprint density at radius 2 is 1.37 bits per heavy atom. The molecule has 0 fully saturated rings. The first-order valence-corrected chi connectivity index (χ1v) is 13.1. The second kappa shape index (κ2) is 9.08. The molecule has 0 aliphatic rings. The average Bonchev–Trinajstić information content (AvgIpc) is 3.24. The molecule has 1 aromatic heterocycles. The number of anilines is 1. The van der Waals surface area contributed by atoms with Crippen molar-refractivity contribution < 1.29 is 8.42 Å². The minimum atomic E-state index is -3.78. The number of rotatable bonds is 6. The van der Waals surface area contributed by atoms with Gasteiger partial charge in [0.15, 0.2) is 9.84 Å². The van der Waals surface area contributed by atoms with Crippen LogP contribution in [0, 0.1) is 6.92 Å². The first-order valence-electron chi connectivity index (χ1n) is 11.6. The molecule has 1 atom stereocenters. The van der Waals surface area contributed by atoms with E-state index in [4.69, 9.17) is 0 Å². The lowest BCUT2D eigenvalue weighted by Gasteiger charge is -2.22. The van der Waals surface area contributed by atoms with Crippen LogP contribution in [-0.4, -0.2) is 27.5 Å². The summed E-state index contributed by atoms with van der Waals surface area (Å²) < 4.78 is 28.7. The second-order valence-corrected chi connectivity index (χ2v) is 11.1. The van der Waals surface area contributed by atoms with Gasteiger partial charge in [0.05, 0.1) is 10.6 Å². The third kappa shape index (κ3) is 4.24. The van der Waals surface area contributed by atoms with Gasteiger partial charge in [-0.05, 0) is 48.4 Å². The summed E-state index contributed by atoms with van der Waals surface area (Å²) >= 11 is 0. The van der Waals surface area contributed by atoms with Gasteiger partial charge in [-0.25, -0.2) is 8.42 Å². The van der Waals surface area contributed by atoms with Crippen molar-refractivity contribution in [2.75, 3.05) is 19.0 Å². The van der Waals surface area contributed by atoms with Crippen molar-refractivity contribution >= 4 is 26.4 Å². The zero-order chi connectivity index (χ0) is 24.6. The van der Waals surface area contributed by atoms with Crippen LogP contribution in [0.4, 0.5) is 5.69 Å². The van der Waals surface area contributed by atoms with Crippen LogP contribution in [0.15, 0.2) is 108 Å². The topological polar surface area (TPSA) is 53.2 Å². The third-order valence-electron chi connectivity index (χ3n) is 6.44. The standard InChI is InChI=1S/C30H28N2O2S/c1-21-13-19-25(20-14-21)35(33,34)30(23-15-17-24(18-16-23)32(2)3)28-26-11-7-8-12-27(26)31-29(28)22-9-5-4-6-10-22/h4-20,30-31H,1-3H3. The van der Waals surface area contributed by atoms with Gasteiger partial charge in [-0.1, -0.05) is 78.4 Å². The summed E-state index contributed by atoms with van der Waals surface area (Å²) in [5.74, 6) is 0.